The van der Waals surface area contributed by atoms with E-state index >= 15 is 0 Å². The fourth-order valence-corrected chi connectivity index (χ4v) is 1.28. The van der Waals surface area contributed by atoms with Crippen LogP contribution in [0.25, 0.3) is 0 Å². The SMILES string of the molecule is CCc1c(C)nc(N)nc1C. The molecule has 0 bridgehead atoms. The Balaban J connectivity index is 3.25. The molecule has 0 fully saturated rings. The minimum Gasteiger partial charge on any atom is -0.368 e. The van der Waals surface area contributed by atoms with Crippen LogP contribution in [-0.4, -0.2) is 9.97 Å². The quantitative estimate of drug-likeness (QED) is 0.657. The van der Waals surface area contributed by atoms with Crippen molar-refractivity contribution in [1.82, 2.24) is 9.97 Å². The van der Waals surface area contributed by atoms with Gasteiger partial charge in [-0.25, -0.2) is 9.97 Å². The first-order valence-electron chi connectivity index (χ1n) is 3.74. The third-order valence-corrected chi connectivity index (χ3v) is 1.79. The lowest BCUT2D eigenvalue weighted by molar-refractivity contribution is 0.965. The number of nitrogens with two attached hydrogens (primary N) is 1. The second-order valence-corrected chi connectivity index (χ2v) is 2.58. The van der Waals surface area contributed by atoms with E-state index in [2.05, 4.69) is 16.9 Å². The van der Waals surface area contributed by atoms with Crippen LogP contribution in [-0.2, 0) is 6.42 Å². The minimum atomic E-state index is 0.372. The molecule has 11 heavy (non-hydrogen) atoms. The van der Waals surface area contributed by atoms with Crippen molar-refractivity contribution in [3.8, 4) is 0 Å². The van der Waals surface area contributed by atoms with Gasteiger partial charge in [0.15, 0.2) is 0 Å². The Morgan fingerprint density at radius 1 is 1.18 bits per heavy atom. The first-order valence-corrected chi connectivity index (χ1v) is 3.74. The molecule has 0 aliphatic carbocycles. The van der Waals surface area contributed by atoms with Gasteiger partial charge in [-0.1, -0.05) is 6.92 Å². The number of nitrogen functional groups attached to an aromatic ring is 1. The highest BCUT2D eigenvalue weighted by molar-refractivity contribution is 5.30. The standard InChI is InChI=1S/C8H13N3/c1-4-7-5(2)10-8(9)11-6(7)3/h4H2,1-3H3,(H2,9,10,11). The van der Waals surface area contributed by atoms with Crippen LogP contribution in [0.15, 0.2) is 0 Å². The Morgan fingerprint density at radius 3 is 2.00 bits per heavy atom. The summed E-state index contributed by atoms with van der Waals surface area (Å²) in [5.41, 5.74) is 8.66. The molecule has 0 aliphatic rings. The van der Waals surface area contributed by atoms with E-state index in [0.717, 1.165) is 17.8 Å². The Bertz CT molecular complexity index is 245. The molecule has 1 heterocycles. The molecule has 0 aromatic carbocycles. The number of hydrogen-bond acceptors (Lipinski definition) is 3. The van der Waals surface area contributed by atoms with Crippen molar-refractivity contribution < 1.29 is 0 Å². The zero-order chi connectivity index (χ0) is 8.43. The maximum Gasteiger partial charge on any atom is 0.220 e. The molecule has 0 atom stereocenters. The summed E-state index contributed by atoms with van der Waals surface area (Å²) in [5.74, 6) is 0.372. The molecule has 0 saturated carbocycles. The number of aryl methyl sites for hydroxylation is 2. The van der Waals surface area contributed by atoms with Crippen LogP contribution >= 0.6 is 0 Å². The van der Waals surface area contributed by atoms with Gasteiger partial charge in [-0.2, -0.15) is 0 Å². The Hall–Kier alpha value is -1.12. The van der Waals surface area contributed by atoms with Gasteiger partial charge in [-0.3, -0.25) is 0 Å². The maximum atomic E-state index is 5.46. The van der Waals surface area contributed by atoms with E-state index in [1.807, 2.05) is 13.8 Å². The molecule has 3 nitrogen and oxygen atoms in total. The van der Waals surface area contributed by atoms with Crippen LogP contribution in [0.4, 0.5) is 5.95 Å². The topological polar surface area (TPSA) is 51.8 Å². The van der Waals surface area contributed by atoms with Gasteiger partial charge in [0.2, 0.25) is 5.95 Å². The second-order valence-electron chi connectivity index (χ2n) is 2.58. The lowest BCUT2D eigenvalue weighted by Gasteiger charge is -2.05. The molecule has 1 aromatic rings. The highest BCUT2D eigenvalue weighted by atomic mass is 15.0. The summed E-state index contributed by atoms with van der Waals surface area (Å²) in [6, 6.07) is 0. The van der Waals surface area contributed by atoms with Crippen molar-refractivity contribution in [2.24, 2.45) is 0 Å². The van der Waals surface area contributed by atoms with E-state index in [0.29, 0.717) is 5.95 Å². The summed E-state index contributed by atoms with van der Waals surface area (Å²) in [7, 11) is 0. The van der Waals surface area contributed by atoms with Crippen LogP contribution in [0.5, 0.6) is 0 Å². The molecule has 0 spiro atoms. The zero-order valence-corrected chi connectivity index (χ0v) is 7.18. The molecule has 0 unspecified atom stereocenters. The Morgan fingerprint density at radius 2 is 1.64 bits per heavy atom. The van der Waals surface area contributed by atoms with Crippen molar-refractivity contribution in [2.45, 2.75) is 27.2 Å². The molecule has 3 heteroatoms. The van der Waals surface area contributed by atoms with Gasteiger partial charge in [0, 0.05) is 11.4 Å². The van der Waals surface area contributed by atoms with Gasteiger partial charge in [-0.15, -0.1) is 0 Å². The van der Waals surface area contributed by atoms with Crippen LogP contribution in [0.2, 0.25) is 0 Å². The summed E-state index contributed by atoms with van der Waals surface area (Å²) in [6.45, 7) is 6.02. The zero-order valence-electron chi connectivity index (χ0n) is 7.18. The van der Waals surface area contributed by atoms with Gasteiger partial charge >= 0.3 is 0 Å². The number of hydrogen-bond donors (Lipinski definition) is 1. The van der Waals surface area contributed by atoms with Gasteiger partial charge in [-0.05, 0) is 25.8 Å². The van der Waals surface area contributed by atoms with Gasteiger partial charge in [0.05, 0.1) is 0 Å². The van der Waals surface area contributed by atoms with Crippen molar-refractivity contribution in [1.29, 1.82) is 0 Å². The lowest BCUT2D eigenvalue weighted by Crippen LogP contribution is -2.03. The molecule has 0 aliphatic heterocycles. The van der Waals surface area contributed by atoms with E-state index in [9.17, 15) is 0 Å². The molecule has 1 aromatic heterocycles. The van der Waals surface area contributed by atoms with E-state index in [4.69, 9.17) is 5.73 Å². The molecular weight excluding hydrogens is 138 g/mol. The highest BCUT2D eigenvalue weighted by Gasteiger charge is 2.03. The third-order valence-electron chi connectivity index (χ3n) is 1.79. The van der Waals surface area contributed by atoms with E-state index in [1.165, 1.54) is 5.56 Å². The van der Waals surface area contributed by atoms with Crippen LogP contribution < -0.4 is 5.73 Å². The van der Waals surface area contributed by atoms with E-state index in [-0.39, 0.29) is 0 Å². The van der Waals surface area contributed by atoms with E-state index in [1.54, 1.807) is 0 Å². The smallest absolute Gasteiger partial charge is 0.220 e. The summed E-state index contributed by atoms with van der Waals surface area (Å²) in [4.78, 5) is 8.14. The largest absolute Gasteiger partial charge is 0.368 e. The first-order chi connectivity index (χ1) is 5.15. The second kappa shape index (κ2) is 2.86. The molecule has 0 amide bonds. The Labute approximate surface area is 66.7 Å². The number of aromatic nitrogens is 2. The lowest BCUT2D eigenvalue weighted by atomic mass is 10.1. The van der Waals surface area contributed by atoms with Crippen LogP contribution in [0.1, 0.15) is 23.9 Å². The van der Waals surface area contributed by atoms with Crippen LogP contribution in [0.3, 0.4) is 0 Å². The number of anilines is 1. The average molecular weight is 151 g/mol. The minimum absolute atomic E-state index is 0.372. The van der Waals surface area contributed by atoms with Crippen molar-refractivity contribution in [3.05, 3.63) is 17.0 Å². The van der Waals surface area contributed by atoms with Gasteiger partial charge < -0.3 is 5.73 Å². The first kappa shape index (κ1) is 7.98. The van der Waals surface area contributed by atoms with Crippen LogP contribution in [0, 0.1) is 13.8 Å². The fourth-order valence-electron chi connectivity index (χ4n) is 1.28. The molecule has 2 N–H and O–H groups in total. The molecule has 1 rings (SSSR count). The highest BCUT2D eigenvalue weighted by Crippen LogP contribution is 2.10. The van der Waals surface area contributed by atoms with Crippen molar-refractivity contribution in [2.75, 3.05) is 5.73 Å². The van der Waals surface area contributed by atoms with Gasteiger partial charge in [0.25, 0.3) is 0 Å². The normalized spacial score (nSPS) is 10.1. The van der Waals surface area contributed by atoms with E-state index < -0.39 is 0 Å². The third kappa shape index (κ3) is 1.48. The monoisotopic (exact) mass is 151 g/mol. The molecule has 60 valence electrons. The van der Waals surface area contributed by atoms with Crippen molar-refractivity contribution in [3.63, 3.8) is 0 Å². The Kier molecular flexibility index (Phi) is 2.08. The molecule has 0 radical (unpaired) electrons. The number of nitrogens with zero attached hydrogens (tertiary/aromatic N) is 2. The summed E-state index contributed by atoms with van der Waals surface area (Å²) in [5, 5.41) is 0. The average Bonchev–Trinajstić information content (AvgIpc) is 1.85. The predicted octanol–water partition coefficient (Wildman–Crippen LogP) is 1.24. The summed E-state index contributed by atoms with van der Waals surface area (Å²) >= 11 is 0. The summed E-state index contributed by atoms with van der Waals surface area (Å²) < 4.78 is 0. The van der Waals surface area contributed by atoms with Gasteiger partial charge in [0.1, 0.15) is 0 Å². The molecular formula is C8H13N3. The molecule has 0 saturated heterocycles. The fraction of sp³-hybridized carbons (Fsp3) is 0.500. The van der Waals surface area contributed by atoms with Crippen molar-refractivity contribution >= 4 is 5.95 Å². The predicted molar refractivity (Wildman–Crippen MR) is 45.3 cm³/mol. The summed E-state index contributed by atoms with van der Waals surface area (Å²) in [6.07, 6.45) is 0.970. The maximum absolute atomic E-state index is 5.46. The number of rotatable bonds is 1.